The number of carbonyl (C=O) groups is 1. The second-order valence-corrected chi connectivity index (χ2v) is 7.19. The molecule has 0 radical (unpaired) electrons. The van der Waals surface area contributed by atoms with E-state index in [1.54, 1.807) is 23.0 Å². The molecule has 0 aliphatic carbocycles. The number of nitrogens with one attached hydrogen (secondary N) is 1. The van der Waals surface area contributed by atoms with E-state index in [0.29, 0.717) is 5.75 Å². The fraction of sp³-hybridized carbons (Fsp3) is 0.200. The number of hydrogen-bond acceptors (Lipinski definition) is 3. The number of rotatable bonds is 6. The van der Waals surface area contributed by atoms with Crippen LogP contribution in [-0.2, 0) is 4.79 Å². The van der Waals surface area contributed by atoms with Gasteiger partial charge in [0.05, 0.1) is 23.4 Å². The van der Waals surface area contributed by atoms with E-state index in [4.69, 9.17) is 4.74 Å². The molecule has 1 amide bonds. The summed E-state index contributed by atoms with van der Waals surface area (Å²) in [6.07, 6.45) is 1.40. The van der Waals surface area contributed by atoms with E-state index in [0.717, 1.165) is 22.2 Å². The van der Waals surface area contributed by atoms with Crippen molar-refractivity contribution in [1.29, 1.82) is 0 Å². The summed E-state index contributed by atoms with van der Waals surface area (Å²) in [5.74, 6) is 0.279. The average Bonchev–Trinajstić information content (AvgIpc) is 3.16. The van der Waals surface area contributed by atoms with Crippen LogP contribution >= 0.6 is 0 Å². The first-order valence-corrected chi connectivity index (χ1v) is 9.74. The third-order valence-corrected chi connectivity index (χ3v) is 4.89. The van der Waals surface area contributed by atoms with Crippen molar-refractivity contribution in [2.45, 2.75) is 33.4 Å². The summed E-state index contributed by atoms with van der Waals surface area (Å²) < 4.78 is 21.3. The van der Waals surface area contributed by atoms with Crippen LogP contribution in [0, 0.1) is 5.82 Å². The lowest BCUT2D eigenvalue weighted by molar-refractivity contribution is -0.120. The molecule has 0 fully saturated rings. The molecule has 5 nitrogen and oxygen atoms in total. The molecule has 4 aromatic rings. The number of ether oxygens (including phenoxy) is 1. The molecular weight excluding hydrogens is 393 g/mol. The molecule has 0 spiro atoms. The zero-order chi connectivity index (χ0) is 21.1. The first-order chi connectivity index (χ1) is 14.5. The van der Waals surface area contributed by atoms with Gasteiger partial charge in [-0.3, -0.25) is 4.79 Å². The number of amides is 1. The number of aromatic nitrogens is 2. The molecule has 0 aliphatic rings. The molecule has 1 heterocycles. The highest BCUT2D eigenvalue weighted by molar-refractivity contribution is 5.81. The van der Waals surface area contributed by atoms with E-state index in [2.05, 4.69) is 10.4 Å². The Morgan fingerprint density at radius 3 is 2.45 bits per heavy atom. The zero-order valence-electron chi connectivity index (χ0n) is 16.7. The van der Waals surface area contributed by atoms with Crippen LogP contribution in [-0.4, -0.2) is 21.7 Å². The van der Waals surface area contributed by atoms with Gasteiger partial charge in [0.2, 0.25) is 5.91 Å². The van der Waals surface area contributed by atoms with Gasteiger partial charge < -0.3 is 10.1 Å². The third kappa shape index (κ3) is 4.91. The highest BCUT2D eigenvalue weighted by Crippen LogP contribution is 2.29. The quantitative estimate of drug-likeness (QED) is 0.452. The Morgan fingerprint density at radius 2 is 1.77 bits per heavy atom. The fourth-order valence-corrected chi connectivity index (χ4v) is 3.52. The van der Waals surface area contributed by atoms with Crippen LogP contribution in [0.5, 0.6) is 5.75 Å². The Hall–Kier alpha value is -3.67. The minimum atomic E-state index is -0.348. The molecule has 1 N–H and O–H groups in total. The Labute approximate surface area is 181 Å². The molecule has 2 atom stereocenters. The van der Waals surface area contributed by atoms with Gasteiger partial charge in [-0.15, -0.1) is 0 Å². The summed E-state index contributed by atoms with van der Waals surface area (Å²) >= 11 is 0. The van der Waals surface area contributed by atoms with Crippen LogP contribution in [0.2, 0.25) is 0 Å². The minimum Gasteiger partial charge on any atom is -0.484 e. The van der Waals surface area contributed by atoms with E-state index in [-0.39, 0.29) is 31.3 Å². The molecule has 3 aromatic carbocycles. The van der Waals surface area contributed by atoms with Gasteiger partial charge in [-0.25, -0.2) is 9.07 Å². The average molecular weight is 420 g/mol. The Morgan fingerprint density at radius 1 is 1.06 bits per heavy atom. The van der Waals surface area contributed by atoms with E-state index in [9.17, 15) is 9.18 Å². The number of halogens is 1. The highest BCUT2D eigenvalue weighted by atomic mass is 19.1. The largest absolute Gasteiger partial charge is 0.484 e. The van der Waals surface area contributed by atoms with Gasteiger partial charge in [0.15, 0.2) is 0 Å². The predicted molar refractivity (Wildman–Crippen MR) is 121 cm³/mol. The van der Waals surface area contributed by atoms with Crippen LogP contribution in [0.3, 0.4) is 0 Å². The van der Waals surface area contributed by atoms with E-state index in [1.807, 2.05) is 55.5 Å². The maximum absolute atomic E-state index is 13.2. The van der Waals surface area contributed by atoms with E-state index >= 15 is 0 Å². The molecule has 0 aliphatic heterocycles. The number of carbonyl (C=O) groups excluding carboxylic acids is 1. The number of nitrogens with zero attached hydrogens (tertiary/aromatic N) is 2. The minimum absolute atomic E-state index is 0. The molecule has 0 unspecified atom stereocenters. The number of fused-ring (bicyclic) bond motifs is 1. The van der Waals surface area contributed by atoms with Crippen molar-refractivity contribution in [3.05, 3.63) is 90.4 Å². The van der Waals surface area contributed by atoms with E-state index in [1.165, 1.54) is 19.1 Å². The molecule has 31 heavy (non-hydrogen) atoms. The van der Waals surface area contributed by atoms with Crippen molar-refractivity contribution in [3.8, 4) is 11.4 Å². The second-order valence-electron chi connectivity index (χ2n) is 7.19. The van der Waals surface area contributed by atoms with Crippen molar-refractivity contribution in [2.75, 3.05) is 0 Å². The van der Waals surface area contributed by atoms with Gasteiger partial charge in [-0.05, 0) is 55.0 Å². The van der Waals surface area contributed by atoms with Gasteiger partial charge in [0.25, 0.3) is 0 Å². The van der Waals surface area contributed by atoms with Crippen molar-refractivity contribution < 1.29 is 13.9 Å². The predicted octanol–water partition coefficient (Wildman–Crippen LogP) is 5.45. The summed E-state index contributed by atoms with van der Waals surface area (Å²) in [5.41, 5.74) is 2.64. The second kappa shape index (κ2) is 9.43. The lowest BCUT2D eigenvalue weighted by Gasteiger charge is -2.26. The van der Waals surface area contributed by atoms with E-state index < -0.39 is 0 Å². The smallest absolute Gasteiger partial charge is 0.217 e. The monoisotopic (exact) mass is 419 g/mol. The van der Waals surface area contributed by atoms with Crippen molar-refractivity contribution >= 4 is 16.8 Å². The Bertz CT molecular complexity index is 1160. The number of hydrogen-bond donors (Lipinski definition) is 1. The summed E-state index contributed by atoms with van der Waals surface area (Å²) in [6, 6.07) is 21.5. The molecule has 0 saturated carbocycles. The summed E-state index contributed by atoms with van der Waals surface area (Å²) in [6.45, 7) is 3.42. The number of benzene rings is 3. The third-order valence-electron chi connectivity index (χ3n) is 4.89. The molecular formula is C25H26FN3O2. The van der Waals surface area contributed by atoms with Gasteiger partial charge in [0.1, 0.15) is 17.7 Å². The van der Waals surface area contributed by atoms with Crippen LogP contribution in [0.25, 0.3) is 16.6 Å². The standard InChI is InChI=1S/C24H22FN3O2.CH4/c1-16(27-17(2)29)24(18-6-4-3-5-7-18)30-22-12-13-23-19(14-22)15-26-28(23)21-10-8-20(25)9-11-21;/h3-16,24H,1-2H3,(H,27,29);1H4/t16-,24-;/m0./s1. The van der Waals surface area contributed by atoms with Crippen molar-refractivity contribution in [1.82, 2.24) is 15.1 Å². The molecule has 6 heteroatoms. The Balaban J connectivity index is 0.00000272. The summed E-state index contributed by atoms with van der Waals surface area (Å²) in [4.78, 5) is 11.6. The first kappa shape index (κ1) is 22.0. The normalized spacial score (nSPS) is 12.6. The lowest BCUT2D eigenvalue weighted by atomic mass is 10.0. The fourth-order valence-electron chi connectivity index (χ4n) is 3.52. The van der Waals surface area contributed by atoms with Crippen LogP contribution in [0.4, 0.5) is 4.39 Å². The summed E-state index contributed by atoms with van der Waals surface area (Å²) in [5, 5.41) is 8.25. The van der Waals surface area contributed by atoms with Crippen molar-refractivity contribution in [2.24, 2.45) is 0 Å². The van der Waals surface area contributed by atoms with Gasteiger partial charge >= 0.3 is 0 Å². The van der Waals surface area contributed by atoms with Crippen molar-refractivity contribution in [3.63, 3.8) is 0 Å². The lowest BCUT2D eigenvalue weighted by Crippen LogP contribution is -2.37. The molecule has 4 rings (SSSR count). The zero-order valence-corrected chi connectivity index (χ0v) is 16.7. The molecule has 0 saturated heterocycles. The van der Waals surface area contributed by atoms with Crippen LogP contribution < -0.4 is 10.1 Å². The topological polar surface area (TPSA) is 56.1 Å². The first-order valence-electron chi connectivity index (χ1n) is 9.74. The van der Waals surface area contributed by atoms with Gasteiger partial charge in [-0.1, -0.05) is 37.8 Å². The van der Waals surface area contributed by atoms with Gasteiger partial charge in [-0.2, -0.15) is 5.10 Å². The molecule has 1 aromatic heterocycles. The molecule has 160 valence electrons. The Kier molecular flexibility index (Phi) is 6.70. The maximum atomic E-state index is 13.2. The maximum Gasteiger partial charge on any atom is 0.217 e. The highest BCUT2D eigenvalue weighted by Gasteiger charge is 2.22. The van der Waals surface area contributed by atoms with Gasteiger partial charge in [0, 0.05) is 12.3 Å². The molecule has 0 bridgehead atoms. The summed E-state index contributed by atoms with van der Waals surface area (Å²) in [7, 11) is 0. The SMILES string of the molecule is C.CC(=O)N[C@@H](C)[C@H](Oc1ccc2c(cnn2-c2ccc(F)cc2)c1)c1ccccc1. The van der Waals surface area contributed by atoms with Crippen LogP contribution in [0.15, 0.2) is 79.0 Å². The van der Waals surface area contributed by atoms with Crippen LogP contribution in [0.1, 0.15) is 32.9 Å².